The molecular weight excluding hydrogens is 376 g/mol. The second-order valence-electron chi connectivity index (χ2n) is 4.84. The topological polar surface area (TPSA) is 40.2 Å². The van der Waals surface area contributed by atoms with E-state index in [0.29, 0.717) is 24.7 Å². The average molecular weight is 399 g/mol. The molecule has 0 saturated carbocycles. The summed E-state index contributed by atoms with van der Waals surface area (Å²) in [6.45, 7) is 1.94. The Kier molecular flexibility index (Phi) is 8.31. The van der Waals surface area contributed by atoms with Crippen molar-refractivity contribution in [1.82, 2.24) is 4.44 Å². The summed E-state index contributed by atoms with van der Waals surface area (Å²) in [5.74, 6) is 1.30. The molecule has 2 rings (SSSR count). The van der Waals surface area contributed by atoms with Gasteiger partial charge in [0.05, 0.1) is 13.2 Å². The van der Waals surface area contributed by atoms with Gasteiger partial charge >= 0.3 is 6.64 Å². The zero-order valence-corrected chi connectivity index (χ0v) is 17.2. The van der Waals surface area contributed by atoms with Crippen LogP contribution in [0.25, 0.3) is 0 Å². The maximum atomic E-state index is 6.13. The highest BCUT2D eigenvalue weighted by Gasteiger charge is 2.36. The summed E-state index contributed by atoms with van der Waals surface area (Å²) in [6, 6.07) is 18.8. The molecule has 5 nitrogen and oxygen atoms in total. The molecule has 0 bridgehead atoms. The minimum atomic E-state index is -2.92. The average Bonchev–Trinajstić information content (AvgIpc) is 2.62. The van der Waals surface area contributed by atoms with Crippen molar-refractivity contribution in [1.29, 1.82) is 0 Å². The van der Waals surface area contributed by atoms with E-state index in [9.17, 15) is 0 Å². The zero-order valence-electron chi connectivity index (χ0n) is 14.6. The second-order valence-corrected chi connectivity index (χ2v) is 10.0. The van der Waals surface area contributed by atoms with Gasteiger partial charge in [0.15, 0.2) is 0 Å². The number of benzene rings is 2. The molecule has 0 heterocycles. The highest BCUT2D eigenvalue weighted by molar-refractivity contribution is 8.10. The molecule has 0 aliphatic carbocycles. The summed E-state index contributed by atoms with van der Waals surface area (Å²) >= 11 is 5.84. The number of para-hydroxylation sites is 2. The first-order valence-corrected chi connectivity index (χ1v) is 11.7. The van der Waals surface area contributed by atoms with Gasteiger partial charge in [-0.3, -0.25) is 0 Å². The first kappa shape index (κ1) is 20.3. The predicted octanol–water partition coefficient (Wildman–Crippen LogP) is 5.60. The van der Waals surface area contributed by atoms with Crippen molar-refractivity contribution in [3.8, 4) is 11.5 Å². The minimum Gasteiger partial charge on any atom is -0.424 e. The molecule has 2 aromatic carbocycles. The Hall–Kier alpha value is -1.00. The van der Waals surface area contributed by atoms with E-state index in [1.165, 1.54) is 0 Å². The number of hydrogen-bond donors (Lipinski definition) is 0. The lowest BCUT2D eigenvalue weighted by atomic mass is 10.3. The van der Waals surface area contributed by atoms with Crippen LogP contribution in [0.3, 0.4) is 0 Å². The molecule has 136 valence electrons. The second kappa shape index (κ2) is 10.2. The van der Waals surface area contributed by atoms with Gasteiger partial charge in [-0.1, -0.05) is 36.4 Å². The van der Waals surface area contributed by atoms with Crippen molar-refractivity contribution >= 4 is 27.0 Å². The van der Waals surface area contributed by atoms with Gasteiger partial charge in [-0.25, -0.2) is 0 Å². The molecule has 0 amide bonds. The van der Waals surface area contributed by atoms with Crippen molar-refractivity contribution in [3.05, 3.63) is 60.7 Å². The Morgan fingerprint density at radius 2 is 1.24 bits per heavy atom. The standard InChI is InChI=1S/C17H23NO4P2S/c1-4-19-23(20-5-2)18(3)24(25,21-16-12-8-6-9-13-16)22-17-14-10-7-11-15-17/h6-15H,4-5H2,1-3H3. The third kappa shape index (κ3) is 6.03. The van der Waals surface area contributed by atoms with E-state index in [0.717, 1.165) is 0 Å². The molecule has 0 radical (unpaired) electrons. The van der Waals surface area contributed by atoms with Gasteiger partial charge in [-0.05, 0) is 38.1 Å². The lowest BCUT2D eigenvalue weighted by Gasteiger charge is -2.34. The van der Waals surface area contributed by atoms with E-state index in [1.54, 1.807) is 4.44 Å². The Morgan fingerprint density at radius 1 is 0.840 bits per heavy atom. The Balaban J connectivity index is 2.31. The van der Waals surface area contributed by atoms with E-state index in [4.69, 9.17) is 29.9 Å². The van der Waals surface area contributed by atoms with E-state index in [1.807, 2.05) is 81.6 Å². The van der Waals surface area contributed by atoms with Crippen LogP contribution in [-0.4, -0.2) is 24.7 Å². The molecular formula is C17H23NO4P2S. The van der Waals surface area contributed by atoms with E-state index < -0.39 is 15.2 Å². The van der Waals surface area contributed by atoms with E-state index in [-0.39, 0.29) is 0 Å². The smallest absolute Gasteiger partial charge is 0.374 e. The van der Waals surface area contributed by atoms with Crippen molar-refractivity contribution in [2.75, 3.05) is 20.3 Å². The first-order chi connectivity index (χ1) is 12.1. The van der Waals surface area contributed by atoms with Crippen LogP contribution in [0.2, 0.25) is 0 Å². The largest absolute Gasteiger partial charge is 0.424 e. The first-order valence-electron chi connectivity index (χ1n) is 7.98. The van der Waals surface area contributed by atoms with Crippen molar-refractivity contribution < 1.29 is 18.1 Å². The Bertz CT molecular complexity index is 623. The van der Waals surface area contributed by atoms with Gasteiger partial charge in [0.1, 0.15) is 11.5 Å². The van der Waals surface area contributed by atoms with Gasteiger partial charge in [0, 0.05) is 18.9 Å². The summed E-state index contributed by atoms with van der Waals surface area (Å²) < 4.78 is 25.5. The molecule has 0 aliphatic rings. The molecule has 8 heteroatoms. The summed E-state index contributed by atoms with van der Waals surface area (Å²) in [5.41, 5.74) is 0. The quantitative estimate of drug-likeness (QED) is 0.484. The highest BCUT2D eigenvalue weighted by atomic mass is 32.5. The lowest BCUT2D eigenvalue weighted by molar-refractivity contribution is 0.244. The molecule has 2 aromatic rings. The summed E-state index contributed by atoms with van der Waals surface area (Å²) in [6.07, 6.45) is 0. The third-order valence-corrected chi connectivity index (χ3v) is 8.71. The van der Waals surface area contributed by atoms with Crippen LogP contribution >= 0.6 is 15.2 Å². The lowest BCUT2D eigenvalue weighted by Crippen LogP contribution is -2.19. The van der Waals surface area contributed by atoms with Crippen molar-refractivity contribution in [2.24, 2.45) is 0 Å². The van der Waals surface area contributed by atoms with Crippen molar-refractivity contribution in [2.45, 2.75) is 13.8 Å². The summed E-state index contributed by atoms with van der Waals surface area (Å²) in [5, 5.41) is 0. The van der Waals surface area contributed by atoms with Gasteiger partial charge in [-0.2, -0.15) is 0 Å². The van der Waals surface area contributed by atoms with Crippen LogP contribution in [0.15, 0.2) is 60.7 Å². The zero-order chi connectivity index (χ0) is 18.1. The van der Waals surface area contributed by atoms with Crippen molar-refractivity contribution in [3.63, 3.8) is 0 Å². The van der Waals surface area contributed by atoms with E-state index in [2.05, 4.69) is 0 Å². The van der Waals surface area contributed by atoms with Gasteiger partial charge in [0.25, 0.3) is 8.53 Å². The molecule has 25 heavy (non-hydrogen) atoms. The van der Waals surface area contributed by atoms with Gasteiger partial charge < -0.3 is 18.1 Å². The summed E-state index contributed by atoms with van der Waals surface area (Å²) in [4.78, 5) is 0. The maximum Gasteiger partial charge on any atom is 0.374 e. The monoisotopic (exact) mass is 399 g/mol. The van der Waals surface area contributed by atoms with Gasteiger partial charge in [-0.15, -0.1) is 4.44 Å². The minimum absolute atomic E-state index is 0.516. The molecule has 0 aliphatic heterocycles. The Morgan fingerprint density at radius 3 is 1.60 bits per heavy atom. The molecule has 0 fully saturated rings. The van der Waals surface area contributed by atoms with E-state index >= 15 is 0 Å². The third-order valence-electron chi connectivity index (χ3n) is 3.00. The van der Waals surface area contributed by atoms with Crippen LogP contribution in [-0.2, 0) is 20.9 Å². The highest BCUT2D eigenvalue weighted by Crippen LogP contribution is 2.62. The predicted molar refractivity (Wildman–Crippen MR) is 106 cm³/mol. The molecule has 0 unspecified atom stereocenters. The number of hydrogen-bond acceptors (Lipinski definition) is 5. The molecule has 0 aromatic heterocycles. The fourth-order valence-electron chi connectivity index (χ4n) is 1.88. The fourth-order valence-corrected chi connectivity index (χ4v) is 6.08. The Labute approximate surface area is 156 Å². The number of nitrogens with zero attached hydrogens (tertiary/aromatic N) is 1. The molecule has 0 atom stereocenters. The van der Waals surface area contributed by atoms with Crippen LogP contribution in [0, 0.1) is 0 Å². The summed E-state index contributed by atoms with van der Waals surface area (Å²) in [7, 11) is 0.449. The fraction of sp³-hybridized carbons (Fsp3) is 0.294. The van der Waals surface area contributed by atoms with Crippen LogP contribution in [0.5, 0.6) is 11.5 Å². The molecule has 0 spiro atoms. The molecule has 0 saturated heterocycles. The van der Waals surface area contributed by atoms with Crippen LogP contribution in [0.1, 0.15) is 13.8 Å². The maximum absolute atomic E-state index is 6.13. The normalized spacial score (nSPS) is 11.7. The number of rotatable bonds is 10. The van der Waals surface area contributed by atoms with Crippen LogP contribution < -0.4 is 9.05 Å². The van der Waals surface area contributed by atoms with Crippen LogP contribution in [0.4, 0.5) is 0 Å². The van der Waals surface area contributed by atoms with Gasteiger partial charge in [0.2, 0.25) is 0 Å². The molecule has 0 N–H and O–H groups in total. The SMILES string of the molecule is CCOP(OCC)N(C)P(=S)(Oc1ccccc1)Oc1ccccc1.